The van der Waals surface area contributed by atoms with Gasteiger partial charge in [0.25, 0.3) is 0 Å². The fraction of sp³-hybridized carbons (Fsp3) is 0.0526. The van der Waals surface area contributed by atoms with Gasteiger partial charge >= 0.3 is 0 Å². The molecule has 0 aliphatic carbocycles. The van der Waals surface area contributed by atoms with Gasteiger partial charge in [-0.05, 0) is 103 Å². The lowest BCUT2D eigenvalue weighted by Gasteiger charge is -1.71. The predicted octanol–water partition coefficient (Wildman–Crippen LogP) is 1.17. The smallest absolute Gasteiger partial charge is 0.0190 e. The summed E-state index contributed by atoms with van der Waals surface area (Å²) in [7, 11) is 0.494. The van der Waals surface area contributed by atoms with Gasteiger partial charge in [0.05, 0.1) is 0 Å². The van der Waals surface area contributed by atoms with Crippen LogP contribution in [-0.4, -0.2) is 5.49 Å². The van der Waals surface area contributed by atoms with Crippen molar-refractivity contribution in [1.82, 2.24) is 0 Å². The highest BCUT2D eigenvalue weighted by atomic mass is 32.1. The van der Waals surface area contributed by atoms with Crippen LogP contribution in [0.2, 0.25) is 0 Å². The summed E-state index contributed by atoms with van der Waals surface area (Å²) in [5.74, 6) is 39.6. The molecule has 0 aromatic rings. The monoisotopic (exact) mass is 296 g/mol. The highest BCUT2D eigenvalue weighted by Crippen LogP contribution is 2.06. The fourth-order valence-corrected chi connectivity index (χ4v) is 1.02. The van der Waals surface area contributed by atoms with Gasteiger partial charge in [0.15, 0.2) is 0 Å². The van der Waals surface area contributed by atoms with Crippen molar-refractivity contribution in [3.05, 3.63) is 0 Å². The van der Waals surface area contributed by atoms with Gasteiger partial charge in [0, 0.05) is 5.49 Å². The predicted molar refractivity (Wildman–Crippen MR) is 93.2 cm³/mol. The largest absolute Gasteiger partial charge is 0.174 e. The lowest BCUT2D eigenvalue weighted by molar-refractivity contribution is 2.30. The molecule has 0 radical (unpaired) electrons. The lowest BCUT2D eigenvalue weighted by Crippen LogP contribution is -1.56. The second-order valence-electron chi connectivity index (χ2n) is 2.48. The Kier molecular flexibility index (Phi) is 14.3. The van der Waals surface area contributed by atoms with E-state index in [1.807, 2.05) is 0 Å². The third-order valence-corrected chi connectivity index (χ3v) is 2.11. The van der Waals surface area contributed by atoms with Crippen LogP contribution in [0.3, 0.4) is 0 Å². The van der Waals surface area contributed by atoms with Gasteiger partial charge in [0.1, 0.15) is 0 Å². The van der Waals surface area contributed by atoms with Crippen molar-refractivity contribution in [2.45, 2.75) is 0 Å². The highest BCUT2D eigenvalue weighted by molar-refractivity contribution is 7.87. The maximum absolute atomic E-state index is 4.90. The number of terminal acetylenes is 1. The summed E-state index contributed by atoms with van der Waals surface area (Å²) in [6.07, 6.45) is 4.90. The molecule has 0 rings (SSSR count). The fourth-order valence-electron chi connectivity index (χ4n) is 0.557. The zero-order valence-electron chi connectivity index (χ0n) is 10.7. The van der Waals surface area contributed by atoms with E-state index in [4.69, 9.17) is 6.42 Å². The minimum atomic E-state index is 0.494. The Balaban J connectivity index is 4.27. The molecule has 0 aromatic carbocycles. The van der Waals surface area contributed by atoms with Gasteiger partial charge in [0.2, 0.25) is 0 Å². The normalized spacial score (nSPS) is 5.14. The molecule has 1 unspecified atom stereocenters. The molecule has 0 spiro atoms. The third-order valence-electron chi connectivity index (χ3n) is 1.18. The molecule has 0 N–H and O–H groups in total. The molecular weight excluding hydrogens is 291 g/mol. The zero-order valence-corrected chi connectivity index (χ0v) is 12.6. The topological polar surface area (TPSA) is 0 Å². The molecule has 0 aliphatic heterocycles. The average molecular weight is 296 g/mol. The van der Waals surface area contributed by atoms with E-state index in [1.54, 1.807) is 0 Å². The molecule has 0 nitrogen and oxygen atoms in total. The van der Waals surface area contributed by atoms with Gasteiger partial charge in [-0.25, -0.2) is 0 Å². The van der Waals surface area contributed by atoms with Crippen LogP contribution in [0.4, 0.5) is 0 Å². The Morgan fingerprint density at radius 1 is 0.571 bits per heavy atom. The molecular formula is C19H5PS. The van der Waals surface area contributed by atoms with Crippen molar-refractivity contribution in [3.8, 4) is 107 Å². The van der Waals surface area contributed by atoms with Crippen LogP contribution < -0.4 is 0 Å². The van der Waals surface area contributed by atoms with Crippen LogP contribution >= 0.6 is 21.2 Å². The first-order valence-electron chi connectivity index (χ1n) is 5.21. The van der Waals surface area contributed by atoms with E-state index in [0.717, 1.165) is 5.49 Å². The molecule has 0 aliphatic rings. The van der Waals surface area contributed by atoms with Crippen molar-refractivity contribution in [1.29, 1.82) is 0 Å². The van der Waals surface area contributed by atoms with E-state index >= 15 is 0 Å². The molecule has 1 atom stereocenters. The van der Waals surface area contributed by atoms with Crippen molar-refractivity contribution in [3.63, 3.8) is 0 Å². The second-order valence-corrected chi connectivity index (χ2v) is 4.35. The van der Waals surface area contributed by atoms with Crippen LogP contribution in [0.5, 0.6) is 0 Å². The average Bonchev–Trinajstić information content (AvgIpc) is 2.50. The Morgan fingerprint density at radius 3 is 1.24 bits per heavy atom. The summed E-state index contributed by atoms with van der Waals surface area (Å²) in [5.41, 5.74) is 3.59. The van der Waals surface area contributed by atoms with Crippen molar-refractivity contribution < 1.29 is 0 Å². The number of hydrogen-bond acceptors (Lipinski definition) is 1. The van der Waals surface area contributed by atoms with Crippen LogP contribution in [0.15, 0.2) is 0 Å². The van der Waals surface area contributed by atoms with E-state index in [9.17, 15) is 0 Å². The Morgan fingerprint density at radius 2 is 0.905 bits per heavy atom. The first-order chi connectivity index (χ1) is 10.4. The molecule has 0 heterocycles. The summed E-state index contributed by atoms with van der Waals surface area (Å²) in [5, 5.41) is 0. The summed E-state index contributed by atoms with van der Waals surface area (Å²) in [6, 6.07) is 0. The van der Waals surface area contributed by atoms with Crippen LogP contribution in [-0.2, 0) is 0 Å². The summed E-state index contributed by atoms with van der Waals surface area (Å²) < 4.78 is 0. The first-order valence-corrected chi connectivity index (χ1v) is 7.05. The van der Waals surface area contributed by atoms with Gasteiger partial charge in [-0.2, -0.15) is 12.6 Å². The molecule has 21 heavy (non-hydrogen) atoms. The van der Waals surface area contributed by atoms with Crippen molar-refractivity contribution >= 4 is 21.2 Å². The SMILES string of the molecule is C#CC#CC#CC#CC#CC#CC#CC#CC#CPCS. The number of thiol groups is 1. The minimum Gasteiger partial charge on any atom is -0.174 e. The van der Waals surface area contributed by atoms with Crippen LogP contribution in [0.1, 0.15) is 0 Å². The van der Waals surface area contributed by atoms with E-state index in [0.29, 0.717) is 8.58 Å². The van der Waals surface area contributed by atoms with E-state index in [-0.39, 0.29) is 0 Å². The Bertz CT molecular complexity index is 899. The third kappa shape index (κ3) is 16.8. The molecule has 0 amide bonds. The second kappa shape index (κ2) is 16.8. The minimum absolute atomic E-state index is 0.494. The molecule has 0 saturated heterocycles. The standard InChI is InChI=1S/C19H5PS/c1-2-3-4-5-6-7-8-9-10-11-12-13-14-15-16-17-18-20-19-21/h1,20-21H,19H2. The zero-order chi connectivity index (χ0) is 15.4. The van der Waals surface area contributed by atoms with Crippen molar-refractivity contribution in [2.24, 2.45) is 0 Å². The van der Waals surface area contributed by atoms with Crippen LogP contribution in [0.25, 0.3) is 0 Å². The van der Waals surface area contributed by atoms with Crippen molar-refractivity contribution in [2.75, 3.05) is 5.49 Å². The molecule has 0 bridgehead atoms. The van der Waals surface area contributed by atoms with Gasteiger partial charge in [-0.1, -0.05) is 5.66 Å². The maximum atomic E-state index is 4.90. The van der Waals surface area contributed by atoms with Gasteiger partial charge < -0.3 is 0 Å². The highest BCUT2D eigenvalue weighted by Gasteiger charge is 1.65. The van der Waals surface area contributed by atoms with E-state index in [1.165, 1.54) is 0 Å². The van der Waals surface area contributed by atoms with Gasteiger partial charge in [-0.15, -0.1) is 6.42 Å². The summed E-state index contributed by atoms with van der Waals surface area (Å²) in [4.78, 5) is 0. The summed E-state index contributed by atoms with van der Waals surface area (Å²) >= 11 is 4.02. The van der Waals surface area contributed by atoms with Gasteiger partial charge in [-0.3, -0.25) is 0 Å². The van der Waals surface area contributed by atoms with E-state index in [2.05, 4.69) is 113 Å². The Hall–Kier alpha value is -3.18. The molecule has 0 fully saturated rings. The molecule has 92 valence electrons. The Labute approximate surface area is 133 Å². The maximum Gasteiger partial charge on any atom is 0.0190 e. The van der Waals surface area contributed by atoms with E-state index < -0.39 is 0 Å². The number of rotatable bonds is 1. The first kappa shape index (κ1) is 17.8. The molecule has 0 saturated carbocycles. The number of hydrogen-bond donors (Lipinski definition) is 1. The summed E-state index contributed by atoms with van der Waals surface area (Å²) in [6.45, 7) is 0. The molecule has 2 heteroatoms. The van der Waals surface area contributed by atoms with Crippen LogP contribution in [0, 0.1) is 107 Å². The lowest BCUT2D eigenvalue weighted by atomic mass is 10.5. The quantitative estimate of drug-likeness (QED) is 0.419. The molecule has 0 aromatic heterocycles.